The summed E-state index contributed by atoms with van der Waals surface area (Å²) in [5.74, 6) is 1.18. The van der Waals surface area contributed by atoms with Crippen LogP contribution in [0.3, 0.4) is 0 Å². The number of hydrogen-bond acceptors (Lipinski definition) is 3. The van der Waals surface area contributed by atoms with Crippen LogP contribution in [-0.2, 0) is 11.2 Å². The quantitative estimate of drug-likeness (QED) is 0.843. The lowest BCUT2D eigenvalue weighted by Crippen LogP contribution is -2.31. The van der Waals surface area contributed by atoms with Gasteiger partial charge < -0.3 is 4.90 Å². The van der Waals surface area contributed by atoms with Gasteiger partial charge in [-0.2, -0.15) is 0 Å². The first-order chi connectivity index (χ1) is 9.74. The lowest BCUT2D eigenvalue weighted by atomic mass is 10.2. The molecule has 1 fully saturated rings. The predicted octanol–water partition coefficient (Wildman–Crippen LogP) is 4.22. The number of carbonyl (C=O) groups excluding carboxylic acids is 1. The Balaban J connectivity index is 1.77. The number of nitrogens with zero attached hydrogens (tertiary/aromatic N) is 1. The van der Waals surface area contributed by atoms with Crippen molar-refractivity contribution in [3.8, 4) is 0 Å². The van der Waals surface area contributed by atoms with Gasteiger partial charge in [0.05, 0.1) is 6.42 Å². The molecule has 0 aliphatic carbocycles. The van der Waals surface area contributed by atoms with Crippen molar-refractivity contribution in [1.29, 1.82) is 0 Å². The van der Waals surface area contributed by atoms with E-state index in [1.54, 1.807) is 23.1 Å². The van der Waals surface area contributed by atoms with Crippen molar-refractivity contribution in [2.45, 2.75) is 11.8 Å². The van der Waals surface area contributed by atoms with Crippen molar-refractivity contribution in [1.82, 2.24) is 4.90 Å². The maximum Gasteiger partial charge on any atom is 0.229 e. The zero-order valence-electron chi connectivity index (χ0n) is 10.8. The number of rotatable bonds is 3. The van der Waals surface area contributed by atoms with Gasteiger partial charge in [0, 0.05) is 22.2 Å². The van der Waals surface area contributed by atoms with E-state index < -0.39 is 0 Å². The minimum Gasteiger partial charge on any atom is -0.325 e. The average Bonchev–Trinajstić information content (AvgIpc) is 3.09. The van der Waals surface area contributed by atoms with Crippen LogP contribution in [0.4, 0.5) is 0 Å². The molecule has 1 saturated heterocycles. The van der Waals surface area contributed by atoms with Gasteiger partial charge in [-0.1, -0.05) is 29.8 Å². The van der Waals surface area contributed by atoms with Gasteiger partial charge in [-0.15, -0.1) is 23.1 Å². The second-order valence-corrected chi connectivity index (χ2v) is 7.28. The minimum absolute atomic E-state index is 0.0983. The Morgan fingerprint density at radius 2 is 2.25 bits per heavy atom. The van der Waals surface area contributed by atoms with E-state index in [-0.39, 0.29) is 11.3 Å². The summed E-state index contributed by atoms with van der Waals surface area (Å²) in [6.07, 6.45) is 0.495. The van der Waals surface area contributed by atoms with Gasteiger partial charge in [0.25, 0.3) is 0 Å². The van der Waals surface area contributed by atoms with Gasteiger partial charge >= 0.3 is 0 Å². The Hall–Kier alpha value is -0.970. The van der Waals surface area contributed by atoms with E-state index in [2.05, 4.69) is 0 Å². The maximum absolute atomic E-state index is 12.5. The largest absolute Gasteiger partial charge is 0.325 e. The summed E-state index contributed by atoms with van der Waals surface area (Å²) in [7, 11) is 0. The Labute approximate surface area is 131 Å². The first-order valence-electron chi connectivity index (χ1n) is 6.43. The van der Waals surface area contributed by atoms with Crippen LogP contribution in [0.15, 0.2) is 41.8 Å². The van der Waals surface area contributed by atoms with Crippen LogP contribution in [0.1, 0.15) is 15.8 Å². The molecule has 0 unspecified atom stereocenters. The molecule has 0 bridgehead atoms. The van der Waals surface area contributed by atoms with Crippen LogP contribution < -0.4 is 0 Å². The molecule has 0 radical (unpaired) electrons. The predicted molar refractivity (Wildman–Crippen MR) is 86.4 cm³/mol. The smallest absolute Gasteiger partial charge is 0.229 e. The summed E-state index contributed by atoms with van der Waals surface area (Å²) in [5.41, 5.74) is 1.11. The van der Waals surface area contributed by atoms with E-state index in [9.17, 15) is 4.79 Å². The third-order valence-electron chi connectivity index (χ3n) is 3.25. The van der Waals surface area contributed by atoms with Crippen LogP contribution >= 0.6 is 34.7 Å². The average molecular weight is 324 g/mol. The van der Waals surface area contributed by atoms with Crippen molar-refractivity contribution in [2.24, 2.45) is 0 Å². The first kappa shape index (κ1) is 14.0. The highest BCUT2D eigenvalue weighted by atomic mass is 35.5. The highest BCUT2D eigenvalue weighted by molar-refractivity contribution is 7.99. The van der Waals surface area contributed by atoms with E-state index in [1.807, 2.05) is 46.7 Å². The monoisotopic (exact) mass is 323 g/mol. The highest BCUT2D eigenvalue weighted by Crippen LogP contribution is 2.38. The normalized spacial score (nSPS) is 18.4. The van der Waals surface area contributed by atoms with Crippen molar-refractivity contribution in [3.05, 3.63) is 57.2 Å². The number of thiophene rings is 1. The van der Waals surface area contributed by atoms with Gasteiger partial charge in [0.15, 0.2) is 0 Å². The number of benzene rings is 1. The molecule has 104 valence electrons. The fourth-order valence-corrected chi connectivity index (χ4v) is 4.49. The van der Waals surface area contributed by atoms with Gasteiger partial charge in [-0.05, 0) is 29.1 Å². The van der Waals surface area contributed by atoms with E-state index in [4.69, 9.17) is 11.6 Å². The fraction of sp³-hybridized carbons (Fsp3) is 0.267. The summed E-state index contributed by atoms with van der Waals surface area (Å²) >= 11 is 9.49. The highest BCUT2D eigenvalue weighted by Gasteiger charge is 2.30. The van der Waals surface area contributed by atoms with Crippen LogP contribution in [-0.4, -0.2) is 23.1 Å². The Morgan fingerprint density at radius 3 is 3.00 bits per heavy atom. The topological polar surface area (TPSA) is 20.3 Å². The Morgan fingerprint density at radius 1 is 1.35 bits per heavy atom. The van der Waals surface area contributed by atoms with E-state index in [0.717, 1.165) is 27.8 Å². The fourth-order valence-electron chi connectivity index (χ4n) is 2.33. The molecular weight excluding hydrogens is 310 g/mol. The van der Waals surface area contributed by atoms with Crippen molar-refractivity contribution < 1.29 is 4.79 Å². The zero-order chi connectivity index (χ0) is 13.9. The lowest BCUT2D eigenvalue weighted by Gasteiger charge is -2.24. The maximum atomic E-state index is 12.5. The lowest BCUT2D eigenvalue weighted by molar-refractivity contribution is -0.130. The third kappa shape index (κ3) is 3.03. The zero-order valence-corrected chi connectivity index (χ0v) is 13.2. The van der Waals surface area contributed by atoms with E-state index in [0.29, 0.717) is 6.42 Å². The molecule has 2 heterocycles. The van der Waals surface area contributed by atoms with Gasteiger partial charge in [0.1, 0.15) is 5.37 Å². The van der Waals surface area contributed by atoms with Crippen LogP contribution in [0, 0.1) is 0 Å². The molecule has 3 rings (SSSR count). The molecule has 1 aromatic carbocycles. The molecule has 5 heteroatoms. The molecule has 20 heavy (non-hydrogen) atoms. The second-order valence-electron chi connectivity index (χ2n) is 4.62. The van der Waals surface area contributed by atoms with Gasteiger partial charge in [-0.25, -0.2) is 0 Å². The molecule has 1 atom stereocenters. The van der Waals surface area contributed by atoms with Crippen LogP contribution in [0.5, 0.6) is 0 Å². The van der Waals surface area contributed by atoms with Crippen LogP contribution in [0.2, 0.25) is 5.02 Å². The van der Waals surface area contributed by atoms with Gasteiger partial charge in [0.2, 0.25) is 5.91 Å². The number of hydrogen-bond donors (Lipinski definition) is 0. The molecule has 2 nitrogen and oxygen atoms in total. The molecule has 1 aromatic heterocycles. The number of thioether (sulfide) groups is 1. The van der Waals surface area contributed by atoms with Crippen molar-refractivity contribution in [2.75, 3.05) is 12.3 Å². The molecular formula is C15H14ClNOS2. The van der Waals surface area contributed by atoms with Crippen molar-refractivity contribution >= 4 is 40.6 Å². The summed E-state index contributed by atoms with van der Waals surface area (Å²) < 4.78 is 0. The molecule has 2 aromatic rings. The molecule has 0 spiro atoms. The number of amides is 1. The third-order valence-corrected chi connectivity index (χ3v) is 5.62. The molecule has 1 aliphatic rings. The summed E-state index contributed by atoms with van der Waals surface area (Å²) in [4.78, 5) is 15.6. The van der Waals surface area contributed by atoms with Crippen molar-refractivity contribution in [3.63, 3.8) is 0 Å². The Kier molecular flexibility index (Phi) is 4.34. The minimum atomic E-state index is 0.0983. The standard InChI is InChI=1S/C15H14ClNOS2/c16-12-4-1-3-11(9-12)15-17(6-8-20-15)14(18)10-13-5-2-7-19-13/h1-5,7,9,15H,6,8,10H2/t15-/m1/s1. The van der Waals surface area contributed by atoms with Gasteiger partial charge in [-0.3, -0.25) is 4.79 Å². The SMILES string of the molecule is O=C(Cc1cccs1)N1CCS[C@@H]1c1cccc(Cl)c1. The van der Waals surface area contributed by atoms with E-state index in [1.165, 1.54) is 0 Å². The summed E-state index contributed by atoms with van der Waals surface area (Å²) in [6, 6.07) is 11.8. The first-order valence-corrected chi connectivity index (χ1v) is 8.73. The molecule has 1 aliphatic heterocycles. The second kappa shape index (κ2) is 6.20. The number of carbonyl (C=O) groups is 1. The summed E-state index contributed by atoms with van der Waals surface area (Å²) in [5, 5.41) is 2.83. The Bertz CT molecular complexity index is 600. The number of halogens is 1. The van der Waals surface area contributed by atoms with Crippen LogP contribution in [0.25, 0.3) is 0 Å². The molecule has 0 N–H and O–H groups in total. The molecule has 1 amide bonds. The van der Waals surface area contributed by atoms with E-state index >= 15 is 0 Å². The summed E-state index contributed by atoms with van der Waals surface area (Å²) in [6.45, 7) is 0.812. The molecule has 0 saturated carbocycles.